The molecule has 0 radical (unpaired) electrons. The summed E-state index contributed by atoms with van der Waals surface area (Å²) in [6, 6.07) is 5.77. The first-order valence-electron chi connectivity index (χ1n) is 6.71. The third-order valence-corrected chi connectivity index (χ3v) is 3.50. The molecule has 1 aliphatic heterocycles. The van der Waals surface area contributed by atoms with Gasteiger partial charge in [-0.15, -0.1) is 0 Å². The Morgan fingerprint density at radius 2 is 2.10 bits per heavy atom. The molecule has 1 aliphatic rings. The highest BCUT2D eigenvalue weighted by Gasteiger charge is 2.22. The minimum atomic E-state index is -0.363. The zero-order valence-corrected chi connectivity index (χ0v) is 11.9. The quantitative estimate of drug-likeness (QED) is 0.822. The summed E-state index contributed by atoms with van der Waals surface area (Å²) < 4.78 is 10.5. The number of carbonyl (C=O) groups is 1. The van der Waals surface area contributed by atoms with Crippen molar-refractivity contribution in [3.05, 3.63) is 18.2 Å². The van der Waals surface area contributed by atoms with Gasteiger partial charge >= 0.3 is 6.09 Å². The number of ether oxygens (including phenoxy) is 2. The van der Waals surface area contributed by atoms with Gasteiger partial charge in [-0.05, 0) is 12.1 Å². The third kappa shape index (κ3) is 3.26. The molecule has 0 aliphatic carbocycles. The van der Waals surface area contributed by atoms with Crippen LogP contribution in [-0.4, -0.2) is 39.4 Å². The van der Waals surface area contributed by atoms with Crippen LogP contribution in [0.15, 0.2) is 18.2 Å². The Morgan fingerprint density at radius 3 is 2.70 bits per heavy atom. The summed E-state index contributed by atoms with van der Waals surface area (Å²) in [5.41, 5.74) is 7.53. The van der Waals surface area contributed by atoms with Crippen LogP contribution in [0.1, 0.15) is 12.8 Å². The lowest BCUT2D eigenvalue weighted by Crippen LogP contribution is -2.39. The Morgan fingerprint density at radius 1 is 1.40 bits per heavy atom. The van der Waals surface area contributed by atoms with Crippen LogP contribution in [0.4, 0.5) is 16.2 Å². The standard InChI is InChI=1S/C14H21N3O3/c1-16-14(18)20-11-5-7-17(8-6-11)10-3-4-12(15)13(9-10)19-2/h3-4,9,11H,5-8,15H2,1-2H3,(H,16,18). The van der Waals surface area contributed by atoms with E-state index in [0.29, 0.717) is 11.4 Å². The summed E-state index contributed by atoms with van der Waals surface area (Å²) in [4.78, 5) is 13.4. The van der Waals surface area contributed by atoms with Crippen LogP contribution >= 0.6 is 0 Å². The zero-order valence-electron chi connectivity index (χ0n) is 11.9. The van der Waals surface area contributed by atoms with Gasteiger partial charge in [-0.1, -0.05) is 0 Å². The molecule has 1 aromatic rings. The lowest BCUT2D eigenvalue weighted by molar-refractivity contribution is 0.0849. The molecular formula is C14H21N3O3. The highest BCUT2D eigenvalue weighted by Crippen LogP contribution is 2.29. The minimum Gasteiger partial charge on any atom is -0.495 e. The predicted molar refractivity (Wildman–Crippen MR) is 78.2 cm³/mol. The number of nitrogen functional groups attached to an aromatic ring is 1. The van der Waals surface area contributed by atoms with Gasteiger partial charge in [0.2, 0.25) is 0 Å². The van der Waals surface area contributed by atoms with E-state index < -0.39 is 0 Å². The topological polar surface area (TPSA) is 76.8 Å². The number of amides is 1. The van der Waals surface area contributed by atoms with Gasteiger partial charge in [-0.3, -0.25) is 0 Å². The summed E-state index contributed by atoms with van der Waals surface area (Å²) in [6.07, 6.45) is 1.26. The van der Waals surface area contributed by atoms with E-state index in [1.807, 2.05) is 18.2 Å². The summed E-state index contributed by atoms with van der Waals surface area (Å²) >= 11 is 0. The number of anilines is 2. The fourth-order valence-electron chi connectivity index (χ4n) is 2.34. The average molecular weight is 279 g/mol. The third-order valence-electron chi connectivity index (χ3n) is 3.50. The minimum absolute atomic E-state index is 0.0122. The van der Waals surface area contributed by atoms with E-state index >= 15 is 0 Å². The van der Waals surface area contributed by atoms with E-state index in [1.165, 1.54) is 0 Å². The van der Waals surface area contributed by atoms with Gasteiger partial charge in [0.1, 0.15) is 11.9 Å². The lowest BCUT2D eigenvalue weighted by atomic mass is 10.1. The van der Waals surface area contributed by atoms with Crippen molar-refractivity contribution in [1.29, 1.82) is 0 Å². The SMILES string of the molecule is CNC(=O)OC1CCN(c2ccc(N)c(OC)c2)CC1. The number of carbonyl (C=O) groups excluding carboxylic acids is 1. The molecule has 3 N–H and O–H groups in total. The van der Waals surface area contributed by atoms with Crippen LogP contribution in [0.25, 0.3) is 0 Å². The maximum atomic E-state index is 11.2. The van der Waals surface area contributed by atoms with Crippen LogP contribution in [0, 0.1) is 0 Å². The molecule has 1 saturated heterocycles. The summed E-state index contributed by atoms with van der Waals surface area (Å²) in [5, 5.41) is 2.47. The number of hydrogen-bond donors (Lipinski definition) is 2. The predicted octanol–water partition coefficient (Wildman–Crippen LogP) is 1.60. The summed E-state index contributed by atoms with van der Waals surface area (Å²) in [5.74, 6) is 0.686. The molecule has 20 heavy (non-hydrogen) atoms. The number of methoxy groups -OCH3 is 1. The smallest absolute Gasteiger partial charge is 0.407 e. The van der Waals surface area contributed by atoms with Gasteiger partial charge in [0.15, 0.2) is 0 Å². The molecule has 1 heterocycles. The van der Waals surface area contributed by atoms with Gasteiger partial charge in [0, 0.05) is 44.7 Å². The molecule has 110 valence electrons. The Bertz CT molecular complexity index is 471. The van der Waals surface area contributed by atoms with Crippen LogP contribution in [0.2, 0.25) is 0 Å². The number of rotatable bonds is 3. The summed E-state index contributed by atoms with van der Waals surface area (Å²) in [7, 11) is 3.18. The molecule has 0 atom stereocenters. The molecular weight excluding hydrogens is 258 g/mol. The van der Waals surface area contributed by atoms with Crippen molar-refractivity contribution in [1.82, 2.24) is 5.32 Å². The van der Waals surface area contributed by atoms with E-state index in [2.05, 4.69) is 10.2 Å². The van der Waals surface area contributed by atoms with Crippen molar-refractivity contribution < 1.29 is 14.3 Å². The molecule has 1 aromatic carbocycles. The maximum Gasteiger partial charge on any atom is 0.407 e. The van der Waals surface area contributed by atoms with Crippen LogP contribution in [0.5, 0.6) is 5.75 Å². The van der Waals surface area contributed by atoms with E-state index in [1.54, 1.807) is 14.2 Å². The number of piperidine rings is 1. The second-order valence-corrected chi connectivity index (χ2v) is 4.77. The normalized spacial score (nSPS) is 15.8. The van der Waals surface area contributed by atoms with Crippen LogP contribution < -0.4 is 20.7 Å². The first kappa shape index (κ1) is 14.3. The Labute approximate surface area is 118 Å². The van der Waals surface area contributed by atoms with Gasteiger partial charge in [-0.2, -0.15) is 0 Å². The van der Waals surface area contributed by atoms with Crippen LogP contribution in [0.3, 0.4) is 0 Å². The number of nitrogens with zero attached hydrogens (tertiary/aromatic N) is 1. The van der Waals surface area contributed by atoms with E-state index in [4.69, 9.17) is 15.2 Å². The van der Waals surface area contributed by atoms with Crippen molar-refractivity contribution in [3.8, 4) is 5.75 Å². The van der Waals surface area contributed by atoms with Crippen molar-refractivity contribution in [2.75, 3.05) is 37.9 Å². The van der Waals surface area contributed by atoms with Gasteiger partial charge < -0.3 is 25.4 Å². The highest BCUT2D eigenvalue weighted by molar-refractivity contribution is 5.67. The average Bonchev–Trinajstić information content (AvgIpc) is 2.48. The molecule has 0 unspecified atom stereocenters. The fourth-order valence-corrected chi connectivity index (χ4v) is 2.34. The molecule has 0 saturated carbocycles. The van der Waals surface area contributed by atoms with Crippen molar-refractivity contribution >= 4 is 17.5 Å². The van der Waals surface area contributed by atoms with Gasteiger partial charge in [0.25, 0.3) is 0 Å². The largest absolute Gasteiger partial charge is 0.495 e. The van der Waals surface area contributed by atoms with Crippen molar-refractivity contribution in [2.45, 2.75) is 18.9 Å². The number of alkyl carbamates (subject to hydrolysis) is 1. The Hall–Kier alpha value is -2.11. The molecule has 0 bridgehead atoms. The summed E-state index contributed by atoms with van der Waals surface area (Å²) in [6.45, 7) is 1.68. The first-order valence-corrected chi connectivity index (χ1v) is 6.71. The van der Waals surface area contributed by atoms with E-state index in [9.17, 15) is 4.79 Å². The molecule has 6 nitrogen and oxygen atoms in total. The second-order valence-electron chi connectivity index (χ2n) is 4.77. The number of benzene rings is 1. The number of nitrogens with two attached hydrogens (primary N) is 1. The lowest BCUT2D eigenvalue weighted by Gasteiger charge is -2.33. The highest BCUT2D eigenvalue weighted by atomic mass is 16.6. The fraction of sp³-hybridized carbons (Fsp3) is 0.500. The maximum absolute atomic E-state index is 11.2. The second kappa shape index (κ2) is 6.36. The van der Waals surface area contributed by atoms with Crippen molar-refractivity contribution in [3.63, 3.8) is 0 Å². The molecule has 1 amide bonds. The van der Waals surface area contributed by atoms with Crippen LogP contribution in [-0.2, 0) is 4.74 Å². The molecule has 0 spiro atoms. The van der Waals surface area contributed by atoms with E-state index in [0.717, 1.165) is 31.6 Å². The number of nitrogens with one attached hydrogen (secondary N) is 1. The zero-order chi connectivity index (χ0) is 14.5. The van der Waals surface area contributed by atoms with Crippen molar-refractivity contribution in [2.24, 2.45) is 0 Å². The first-order chi connectivity index (χ1) is 9.63. The Kier molecular flexibility index (Phi) is 4.55. The van der Waals surface area contributed by atoms with Gasteiger partial charge in [-0.25, -0.2) is 4.79 Å². The van der Waals surface area contributed by atoms with E-state index in [-0.39, 0.29) is 12.2 Å². The molecule has 0 aromatic heterocycles. The number of hydrogen-bond acceptors (Lipinski definition) is 5. The molecule has 6 heteroatoms. The molecule has 2 rings (SSSR count). The molecule has 1 fully saturated rings. The monoisotopic (exact) mass is 279 g/mol. The Balaban J connectivity index is 1.95. The van der Waals surface area contributed by atoms with Gasteiger partial charge in [0.05, 0.1) is 12.8 Å².